The Kier molecular flexibility index (Phi) is 4.07. The van der Waals surface area contributed by atoms with E-state index in [1.807, 2.05) is 18.2 Å². The normalized spacial score (nSPS) is 32.6. The van der Waals surface area contributed by atoms with Gasteiger partial charge < -0.3 is 0 Å². The molecule has 3 saturated heterocycles. The fourth-order valence-electron chi connectivity index (χ4n) is 2.33. The third kappa shape index (κ3) is 2.52. The van der Waals surface area contributed by atoms with Gasteiger partial charge in [-0.25, -0.2) is 0 Å². The van der Waals surface area contributed by atoms with E-state index in [0.717, 1.165) is 28.5 Å². The van der Waals surface area contributed by atoms with E-state index in [0.29, 0.717) is 19.8 Å². The van der Waals surface area contributed by atoms with E-state index < -0.39 is 14.3 Å². The number of hydrogen-bond donors (Lipinski definition) is 0. The Morgan fingerprint density at radius 3 is 2.06 bits per heavy atom. The van der Waals surface area contributed by atoms with Crippen molar-refractivity contribution in [2.45, 2.75) is 0 Å². The molecule has 3 aliphatic heterocycles. The van der Waals surface area contributed by atoms with Crippen molar-refractivity contribution in [1.29, 1.82) is 0 Å². The van der Waals surface area contributed by atoms with Crippen molar-refractivity contribution in [2.24, 2.45) is 0 Å². The summed E-state index contributed by atoms with van der Waals surface area (Å²) in [5.74, 6) is 0. The van der Waals surface area contributed by atoms with Gasteiger partial charge in [-0.15, -0.1) is 0 Å². The molecular formula is C12H16BrGeNO3. The second kappa shape index (κ2) is 5.60. The Labute approximate surface area is 119 Å². The van der Waals surface area contributed by atoms with E-state index in [-0.39, 0.29) is 0 Å². The molecule has 98 valence electrons. The molecule has 0 amide bonds. The molecule has 1 aromatic rings. The molecule has 6 heteroatoms. The maximum atomic E-state index is 6.08. The number of benzene rings is 1. The Morgan fingerprint density at radius 2 is 1.50 bits per heavy atom. The van der Waals surface area contributed by atoms with Crippen LogP contribution in [0.2, 0.25) is 0 Å². The Morgan fingerprint density at radius 1 is 0.944 bits per heavy atom. The van der Waals surface area contributed by atoms with E-state index in [4.69, 9.17) is 11.3 Å². The van der Waals surface area contributed by atoms with Gasteiger partial charge in [-0.3, -0.25) is 0 Å². The molecule has 3 heterocycles. The van der Waals surface area contributed by atoms with E-state index in [1.165, 1.54) is 0 Å². The first kappa shape index (κ1) is 13.1. The van der Waals surface area contributed by atoms with E-state index in [1.54, 1.807) is 0 Å². The second-order valence-electron chi connectivity index (χ2n) is 4.42. The molecule has 0 unspecified atom stereocenters. The molecule has 0 radical (unpaired) electrons. The number of rotatable bonds is 1. The Hall–Kier alpha value is 0.0829. The van der Waals surface area contributed by atoms with Crippen molar-refractivity contribution >= 4 is 34.6 Å². The van der Waals surface area contributed by atoms with Gasteiger partial charge in [0.15, 0.2) is 0 Å². The molecule has 0 N–H and O–H groups in total. The molecule has 2 bridgehead atoms. The second-order valence-corrected chi connectivity index (χ2v) is 10.6. The molecule has 0 atom stereocenters. The Balaban J connectivity index is 1.97. The minimum absolute atomic E-state index is 0.696. The van der Waals surface area contributed by atoms with Crippen LogP contribution in [-0.2, 0) is 11.3 Å². The quantitative estimate of drug-likeness (QED) is 0.686. The van der Waals surface area contributed by atoms with Crippen LogP contribution in [0, 0.1) is 0 Å². The summed E-state index contributed by atoms with van der Waals surface area (Å²) in [6.45, 7) is 5.02. The first-order valence-electron chi connectivity index (χ1n) is 6.19. The van der Waals surface area contributed by atoms with Crippen LogP contribution < -0.4 is 4.40 Å². The predicted octanol–water partition coefficient (Wildman–Crippen LogP) is 0.974. The zero-order valence-corrected chi connectivity index (χ0v) is 13.8. The monoisotopic (exact) mass is 375 g/mol. The first-order chi connectivity index (χ1) is 8.80. The van der Waals surface area contributed by atoms with Crippen molar-refractivity contribution < 1.29 is 11.3 Å². The van der Waals surface area contributed by atoms with Crippen LogP contribution >= 0.6 is 15.9 Å². The summed E-state index contributed by atoms with van der Waals surface area (Å²) in [4.78, 5) is 2.32. The number of nitrogens with zero attached hydrogens (tertiary/aromatic N) is 1. The summed E-state index contributed by atoms with van der Waals surface area (Å²) in [6.07, 6.45) is 0. The molecular weight excluding hydrogens is 359 g/mol. The van der Waals surface area contributed by atoms with Gasteiger partial charge in [0.1, 0.15) is 0 Å². The van der Waals surface area contributed by atoms with Gasteiger partial charge in [0.25, 0.3) is 0 Å². The molecule has 3 aliphatic rings. The summed E-state index contributed by atoms with van der Waals surface area (Å²) in [7, 11) is 0. The summed E-state index contributed by atoms with van der Waals surface area (Å²) >= 11 is 0.284. The third-order valence-corrected chi connectivity index (χ3v) is 10.7. The summed E-state index contributed by atoms with van der Waals surface area (Å²) in [5.41, 5.74) is 0. The summed E-state index contributed by atoms with van der Waals surface area (Å²) in [5, 5.41) is 0. The van der Waals surface area contributed by atoms with Gasteiger partial charge >= 0.3 is 119 Å². The molecule has 0 aromatic heterocycles. The number of hydrogen-bond acceptors (Lipinski definition) is 4. The van der Waals surface area contributed by atoms with Crippen LogP contribution in [0.15, 0.2) is 28.7 Å². The van der Waals surface area contributed by atoms with Crippen molar-refractivity contribution in [3.05, 3.63) is 28.7 Å². The predicted molar refractivity (Wildman–Crippen MR) is 73.8 cm³/mol. The first-order valence-corrected chi connectivity index (χ1v) is 10.6. The van der Waals surface area contributed by atoms with Crippen molar-refractivity contribution in [3.63, 3.8) is 0 Å². The molecule has 4 rings (SSSR count). The van der Waals surface area contributed by atoms with Gasteiger partial charge in [-0.05, 0) is 0 Å². The topological polar surface area (TPSA) is 30.9 Å². The molecule has 0 spiro atoms. The summed E-state index contributed by atoms with van der Waals surface area (Å²) < 4.78 is 20.4. The van der Waals surface area contributed by atoms with E-state index >= 15 is 0 Å². The van der Waals surface area contributed by atoms with Gasteiger partial charge in [0.2, 0.25) is 0 Å². The van der Waals surface area contributed by atoms with Crippen molar-refractivity contribution in [2.75, 3.05) is 39.5 Å². The van der Waals surface area contributed by atoms with Gasteiger partial charge in [-0.1, -0.05) is 0 Å². The zero-order chi connectivity index (χ0) is 12.4. The standard InChI is InChI=1S/C12H16BrGeNO3/c13-11-3-1-2-4-12(11)14-16-8-5-15(6-9-17-14)7-10-18-14/h1-4H,5-10H2. The van der Waals surface area contributed by atoms with E-state index in [2.05, 4.69) is 26.9 Å². The van der Waals surface area contributed by atoms with Crippen LogP contribution in [-0.4, -0.2) is 58.6 Å². The molecule has 0 saturated carbocycles. The van der Waals surface area contributed by atoms with E-state index in [9.17, 15) is 0 Å². The van der Waals surface area contributed by atoms with Crippen molar-refractivity contribution in [3.8, 4) is 0 Å². The SMILES string of the molecule is Brc1cccc[c]1[Ge]12[O]CCN(CC[O]1)CC[O]2. The third-order valence-electron chi connectivity index (χ3n) is 3.30. The number of halogens is 1. The van der Waals surface area contributed by atoms with Crippen LogP contribution in [0.4, 0.5) is 0 Å². The molecule has 1 aromatic carbocycles. The molecule has 4 nitrogen and oxygen atoms in total. The average Bonchev–Trinajstić information content (AvgIpc) is 2.28. The van der Waals surface area contributed by atoms with Crippen LogP contribution in [0.1, 0.15) is 0 Å². The number of fused-ring (bicyclic) bond motifs is 6. The minimum atomic E-state index is -3.31. The zero-order valence-electron chi connectivity index (χ0n) is 10.1. The van der Waals surface area contributed by atoms with Crippen molar-refractivity contribution in [1.82, 2.24) is 4.90 Å². The Bertz CT molecular complexity index is 405. The van der Waals surface area contributed by atoms with Crippen LogP contribution in [0.25, 0.3) is 0 Å². The van der Waals surface area contributed by atoms with Gasteiger partial charge in [-0.2, -0.15) is 0 Å². The van der Waals surface area contributed by atoms with Crippen LogP contribution in [0.3, 0.4) is 0 Å². The average molecular weight is 375 g/mol. The fraction of sp³-hybridized carbons (Fsp3) is 0.500. The van der Waals surface area contributed by atoms with Gasteiger partial charge in [0, 0.05) is 0 Å². The molecule has 0 aliphatic carbocycles. The van der Waals surface area contributed by atoms with Gasteiger partial charge in [0.05, 0.1) is 0 Å². The summed E-state index contributed by atoms with van der Waals surface area (Å²) in [6, 6.07) is 8.10. The maximum absolute atomic E-state index is 6.08. The molecule has 18 heavy (non-hydrogen) atoms. The molecule has 3 fully saturated rings. The van der Waals surface area contributed by atoms with Crippen LogP contribution in [0.5, 0.6) is 0 Å². The fourth-order valence-corrected chi connectivity index (χ4v) is 9.06.